The highest BCUT2D eigenvalue weighted by atomic mass is 127. The molecule has 0 fully saturated rings. The zero-order valence-electron chi connectivity index (χ0n) is 14.3. The van der Waals surface area contributed by atoms with E-state index in [2.05, 4.69) is 20.9 Å². The summed E-state index contributed by atoms with van der Waals surface area (Å²) >= 11 is 5.90. The molecule has 136 valence electrons. The molecule has 0 saturated carbocycles. The lowest BCUT2D eigenvalue weighted by Gasteiger charge is -2.18. The molecule has 0 aliphatic rings. The molecular formula is C16H26ClIN4O2. The Labute approximate surface area is 165 Å². The van der Waals surface area contributed by atoms with E-state index in [1.54, 1.807) is 7.11 Å². The van der Waals surface area contributed by atoms with Crippen molar-refractivity contribution >= 4 is 47.4 Å². The summed E-state index contributed by atoms with van der Waals surface area (Å²) in [4.78, 5) is 16.0. The van der Waals surface area contributed by atoms with Crippen LogP contribution in [0.2, 0.25) is 5.02 Å². The van der Waals surface area contributed by atoms with Crippen LogP contribution in [0.15, 0.2) is 29.3 Å². The maximum absolute atomic E-state index is 11.7. The number of hydrogen-bond donors (Lipinski definition) is 3. The molecule has 1 rings (SSSR count). The van der Waals surface area contributed by atoms with E-state index in [0.717, 1.165) is 5.56 Å². The first-order chi connectivity index (χ1) is 11.1. The van der Waals surface area contributed by atoms with Gasteiger partial charge >= 0.3 is 0 Å². The van der Waals surface area contributed by atoms with Crippen LogP contribution >= 0.6 is 35.6 Å². The van der Waals surface area contributed by atoms with Crippen molar-refractivity contribution in [3.05, 3.63) is 34.9 Å². The number of halogens is 2. The number of nitrogens with zero attached hydrogens (tertiary/aromatic N) is 1. The van der Waals surface area contributed by atoms with Crippen molar-refractivity contribution in [1.29, 1.82) is 0 Å². The molecule has 1 amide bonds. The molecule has 0 saturated heterocycles. The molecule has 1 aromatic rings. The van der Waals surface area contributed by atoms with Crippen LogP contribution in [0.3, 0.4) is 0 Å². The third-order valence-corrected chi connectivity index (χ3v) is 3.33. The summed E-state index contributed by atoms with van der Waals surface area (Å²) in [7, 11) is 1.59. The highest BCUT2D eigenvalue weighted by Gasteiger charge is 2.08. The second kappa shape index (κ2) is 13.3. The molecule has 0 spiro atoms. The van der Waals surface area contributed by atoms with Crippen LogP contribution in [0.1, 0.15) is 25.5 Å². The van der Waals surface area contributed by atoms with E-state index < -0.39 is 0 Å². The van der Waals surface area contributed by atoms with Gasteiger partial charge in [0, 0.05) is 25.2 Å². The Bertz CT molecular complexity index is 511. The van der Waals surface area contributed by atoms with Crippen LogP contribution in [0.4, 0.5) is 0 Å². The highest BCUT2D eigenvalue weighted by molar-refractivity contribution is 14.0. The van der Waals surface area contributed by atoms with E-state index in [9.17, 15) is 4.79 Å². The summed E-state index contributed by atoms with van der Waals surface area (Å²) < 4.78 is 4.88. The van der Waals surface area contributed by atoms with E-state index in [4.69, 9.17) is 16.3 Å². The highest BCUT2D eigenvalue weighted by Crippen LogP contribution is 2.15. The molecule has 0 bridgehead atoms. The minimum atomic E-state index is -0.140. The summed E-state index contributed by atoms with van der Waals surface area (Å²) in [5, 5.41) is 9.83. The van der Waals surface area contributed by atoms with Gasteiger partial charge in [-0.2, -0.15) is 0 Å². The molecule has 8 heteroatoms. The van der Waals surface area contributed by atoms with Gasteiger partial charge in [-0.3, -0.25) is 4.79 Å². The normalized spacial score (nSPS) is 12.1. The zero-order chi connectivity index (χ0) is 17.1. The number of amides is 1. The molecule has 6 nitrogen and oxygen atoms in total. The number of carbonyl (C=O) groups is 1. The van der Waals surface area contributed by atoms with Crippen molar-refractivity contribution in [1.82, 2.24) is 16.0 Å². The van der Waals surface area contributed by atoms with Crippen LogP contribution in [-0.2, 0) is 9.53 Å². The average Bonchev–Trinajstić information content (AvgIpc) is 2.53. The maximum Gasteiger partial charge on any atom is 0.241 e. The van der Waals surface area contributed by atoms with Crippen molar-refractivity contribution in [2.75, 3.05) is 33.4 Å². The Balaban J connectivity index is 0.00000529. The molecular weight excluding hydrogens is 443 g/mol. The smallest absolute Gasteiger partial charge is 0.241 e. The van der Waals surface area contributed by atoms with Crippen molar-refractivity contribution < 1.29 is 9.53 Å². The van der Waals surface area contributed by atoms with Crippen molar-refractivity contribution in [3.63, 3.8) is 0 Å². The lowest BCUT2D eigenvalue weighted by Crippen LogP contribution is -2.40. The summed E-state index contributed by atoms with van der Waals surface area (Å²) in [5.74, 6) is 0.454. The summed E-state index contributed by atoms with van der Waals surface area (Å²) in [5.41, 5.74) is 1.09. The average molecular weight is 469 g/mol. The molecule has 0 aromatic heterocycles. The number of rotatable bonds is 8. The van der Waals surface area contributed by atoms with E-state index in [1.807, 2.05) is 38.1 Å². The maximum atomic E-state index is 11.7. The fourth-order valence-electron chi connectivity index (χ4n) is 1.86. The number of benzene rings is 1. The van der Waals surface area contributed by atoms with E-state index >= 15 is 0 Å². The second-order valence-electron chi connectivity index (χ2n) is 4.96. The van der Waals surface area contributed by atoms with Crippen LogP contribution in [-0.4, -0.2) is 45.2 Å². The van der Waals surface area contributed by atoms with E-state index in [-0.39, 0.29) is 42.5 Å². The Morgan fingerprint density at radius 2 is 1.96 bits per heavy atom. The number of carbonyl (C=O) groups excluding carboxylic acids is 1. The lowest BCUT2D eigenvalue weighted by atomic mass is 10.1. The van der Waals surface area contributed by atoms with Crippen LogP contribution in [0.5, 0.6) is 0 Å². The lowest BCUT2D eigenvalue weighted by molar-refractivity contribution is -0.119. The predicted octanol–water partition coefficient (Wildman–Crippen LogP) is 2.34. The monoisotopic (exact) mass is 468 g/mol. The van der Waals surface area contributed by atoms with Gasteiger partial charge in [0.05, 0.1) is 12.6 Å². The van der Waals surface area contributed by atoms with Gasteiger partial charge < -0.3 is 20.7 Å². The topological polar surface area (TPSA) is 74.8 Å². The van der Waals surface area contributed by atoms with Gasteiger partial charge in [-0.05, 0) is 31.5 Å². The number of aliphatic imine (C=N–C) groups is 1. The van der Waals surface area contributed by atoms with Crippen molar-refractivity contribution in [3.8, 4) is 0 Å². The second-order valence-corrected chi connectivity index (χ2v) is 5.39. The van der Waals surface area contributed by atoms with Gasteiger partial charge in [0.25, 0.3) is 0 Å². The zero-order valence-corrected chi connectivity index (χ0v) is 17.4. The molecule has 1 atom stereocenters. The number of methoxy groups -OCH3 is 1. The minimum Gasteiger partial charge on any atom is -0.383 e. The largest absolute Gasteiger partial charge is 0.383 e. The Morgan fingerprint density at radius 3 is 2.54 bits per heavy atom. The van der Waals surface area contributed by atoms with Gasteiger partial charge in [0.2, 0.25) is 5.91 Å². The molecule has 3 N–H and O–H groups in total. The molecule has 0 aliphatic heterocycles. The summed E-state index contributed by atoms with van der Waals surface area (Å²) in [6, 6.07) is 7.66. The van der Waals surface area contributed by atoms with Gasteiger partial charge in [-0.15, -0.1) is 24.0 Å². The molecule has 0 heterocycles. The third-order valence-electron chi connectivity index (χ3n) is 3.08. The first kappa shape index (κ1) is 22.9. The number of guanidine groups is 1. The Hall–Kier alpha value is -1.06. The van der Waals surface area contributed by atoms with Gasteiger partial charge in [0.15, 0.2) is 5.96 Å². The summed E-state index contributed by atoms with van der Waals surface area (Å²) in [6.45, 7) is 5.74. The minimum absolute atomic E-state index is 0. The van der Waals surface area contributed by atoms with E-state index in [0.29, 0.717) is 30.7 Å². The standard InChI is InChI=1S/C16H25ClN4O2.HI/c1-4-18-16(20-11-15(22)19-9-10-23-3)21-12(2)13-5-7-14(17)8-6-13;/h5-8,12H,4,9-11H2,1-3H3,(H,19,22)(H2,18,20,21);1H. The van der Waals surface area contributed by atoms with Gasteiger partial charge in [-0.25, -0.2) is 4.99 Å². The van der Waals surface area contributed by atoms with Gasteiger partial charge in [0.1, 0.15) is 6.54 Å². The van der Waals surface area contributed by atoms with Crippen LogP contribution < -0.4 is 16.0 Å². The Morgan fingerprint density at radius 1 is 1.29 bits per heavy atom. The number of hydrogen-bond acceptors (Lipinski definition) is 3. The van der Waals surface area contributed by atoms with Crippen molar-refractivity contribution in [2.45, 2.75) is 19.9 Å². The Kier molecular flexibility index (Phi) is 12.7. The van der Waals surface area contributed by atoms with Crippen LogP contribution in [0.25, 0.3) is 0 Å². The van der Waals surface area contributed by atoms with E-state index in [1.165, 1.54) is 0 Å². The molecule has 24 heavy (non-hydrogen) atoms. The fraction of sp³-hybridized carbons (Fsp3) is 0.500. The number of nitrogens with one attached hydrogen (secondary N) is 3. The molecule has 1 aromatic carbocycles. The molecule has 0 aliphatic carbocycles. The quantitative estimate of drug-likeness (QED) is 0.237. The van der Waals surface area contributed by atoms with Crippen LogP contribution in [0, 0.1) is 0 Å². The molecule has 0 radical (unpaired) electrons. The predicted molar refractivity (Wildman–Crippen MR) is 109 cm³/mol. The fourth-order valence-corrected chi connectivity index (χ4v) is 1.99. The SMILES string of the molecule is CCNC(=NCC(=O)NCCOC)NC(C)c1ccc(Cl)cc1.I. The first-order valence-corrected chi connectivity index (χ1v) is 8.00. The number of ether oxygens (including phenoxy) is 1. The summed E-state index contributed by atoms with van der Waals surface area (Å²) in [6.07, 6.45) is 0. The first-order valence-electron chi connectivity index (χ1n) is 7.62. The van der Waals surface area contributed by atoms with Crippen molar-refractivity contribution in [2.24, 2.45) is 4.99 Å². The third kappa shape index (κ3) is 9.29. The van der Waals surface area contributed by atoms with Gasteiger partial charge in [-0.1, -0.05) is 23.7 Å². The molecule has 1 unspecified atom stereocenters.